The van der Waals surface area contributed by atoms with Crippen LogP contribution in [0.25, 0.3) is 11.6 Å². The summed E-state index contributed by atoms with van der Waals surface area (Å²) in [6.45, 7) is 4.61. The van der Waals surface area contributed by atoms with E-state index in [1.54, 1.807) is 25.3 Å². The van der Waals surface area contributed by atoms with Crippen molar-refractivity contribution < 1.29 is 18.7 Å². The highest BCUT2D eigenvalue weighted by molar-refractivity contribution is 7.99. The molecule has 0 aliphatic carbocycles. The molecule has 0 atom stereocenters. The van der Waals surface area contributed by atoms with Crippen LogP contribution in [-0.2, 0) is 20.9 Å². The second kappa shape index (κ2) is 8.37. The van der Waals surface area contributed by atoms with Crippen molar-refractivity contribution in [2.24, 2.45) is 0 Å². The van der Waals surface area contributed by atoms with Gasteiger partial charge in [0, 0.05) is 13.1 Å². The molecule has 0 saturated heterocycles. The van der Waals surface area contributed by atoms with Crippen molar-refractivity contribution in [2.45, 2.75) is 25.5 Å². The number of nitrogens with one attached hydrogen (secondary N) is 1. The summed E-state index contributed by atoms with van der Waals surface area (Å²) < 4.78 is 12.1. The van der Waals surface area contributed by atoms with Crippen LogP contribution >= 0.6 is 11.8 Å². The molecule has 0 saturated carbocycles. The third kappa shape index (κ3) is 4.59. The number of esters is 1. The van der Waals surface area contributed by atoms with Crippen molar-refractivity contribution in [1.29, 1.82) is 0 Å². The van der Waals surface area contributed by atoms with Gasteiger partial charge in [0.25, 0.3) is 5.91 Å². The van der Waals surface area contributed by atoms with E-state index < -0.39 is 5.97 Å². The molecule has 0 fully saturated rings. The summed E-state index contributed by atoms with van der Waals surface area (Å²) in [5.74, 6) is 0.477. The topological polar surface area (TPSA) is 99.2 Å². The Kier molecular flexibility index (Phi) is 6.21. The fourth-order valence-corrected chi connectivity index (χ4v) is 2.63. The Morgan fingerprint density at radius 3 is 2.87 bits per heavy atom. The van der Waals surface area contributed by atoms with Gasteiger partial charge in [0.05, 0.1) is 12.0 Å². The van der Waals surface area contributed by atoms with Crippen LogP contribution in [0.2, 0.25) is 0 Å². The fourth-order valence-electron chi connectivity index (χ4n) is 1.83. The van der Waals surface area contributed by atoms with Crippen LogP contribution in [0.3, 0.4) is 0 Å². The lowest BCUT2D eigenvalue weighted by Crippen LogP contribution is -2.28. The van der Waals surface area contributed by atoms with Gasteiger partial charge in [-0.05, 0) is 26.0 Å². The minimum Gasteiger partial charge on any atom is -0.461 e. The highest BCUT2D eigenvalue weighted by atomic mass is 32.2. The molecule has 2 aromatic rings. The lowest BCUT2D eigenvalue weighted by atomic mass is 10.4. The maximum Gasteiger partial charge on any atom is 0.316 e. The van der Waals surface area contributed by atoms with Gasteiger partial charge in [-0.15, -0.1) is 10.2 Å². The van der Waals surface area contributed by atoms with Crippen molar-refractivity contribution in [2.75, 3.05) is 18.9 Å². The molecule has 124 valence electrons. The van der Waals surface area contributed by atoms with Gasteiger partial charge < -0.3 is 14.5 Å². The van der Waals surface area contributed by atoms with E-state index in [4.69, 9.17) is 9.15 Å². The third-order valence-electron chi connectivity index (χ3n) is 2.83. The number of hydrogen-bond acceptors (Lipinski definition) is 7. The lowest BCUT2D eigenvalue weighted by molar-refractivity contribution is -0.145. The fraction of sp³-hybridized carbons (Fsp3) is 0.429. The number of thioether (sulfide) groups is 1. The number of carbonyl (C=O) groups is 2. The Bertz CT molecular complexity index is 654. The van der Waals surface area contributed by atoms with Crippen molar-refractivity contribution in [3.63, 3.8) is 0 Å². The van der Waals surface area contributed by atoms with Crippen LogP contribution in [-0.4, -0.2) is 45.5 Å². The van der Waals surface area contributed by atoms with E-state index >= 15 is 0 Å². The Morgan fingerprint density at radius 1 is 1.39 bits per heavy atom. The summed E-state index contributed by atoms with van der Waals surface area (Å²) in [5, 5.41) is 11.3. The van der Waals surface area contributed by atoms with E-state index in [-0.39, 0.29) is 18.3 Å². The highest BCUT2D eigenvalue weighted by Crippen LogP contribution is 2.24. The van der Waals surface area contributed by atoms with E-state index in [0.29, 0.717) is 29.8 Å². The molecular weight excluding hydrogens is 320 g/mol. The number of amides is 1. The van der Waals surface area contributed by atoms with Crippen LogP contribution < -0.4 is 5.32 Å². The number of likely N-dealkylation sites (N-methyl/N-ethyl adjacent to an activating group) is 1. The van der Waals surface area contributed by atoms with Gasteiger partial charge in [-0.3, -0.25) is 14.2 Å². The molecule has 23 heavy (non-hydrogen) atoms. The standard InChI is InChI=1S/C14H18N4O4S/c1-3-15-11(19)8-22-12(20)9-23-14-17-16-13(18(14)4-2)10-6-5-7-21-10/h5-7H,3-4,8-9H2,1-2H3,(H,15,19). The van der Waals surface area contributed by atoms with E-state index in [2.05, 4.69) is 15.5 Å². The predicted octanol–water partition coefficient (Wildman–Crippen LogP) is 1.33. The van der Waals surface area contributed by atoms with Crippen molar-refractivity contribution in [3.8, 4) is 11.6 Å². The molecule has 8 nitrogen and oxygen atoms in total. The average Bonchev–Trinajstić information content (AvgIpc) is 3.19. The molecule has 2 aromatic heterocycles. The second-order valence-corrected chi connectivity index (χ2v) is 5.37. The van der Waals surface area contributed by atoms with E-state index in [1.165, 1.54) is 11.8 Å². The molecule has 0 bridgehead atoms. The molecule has 0 radical (unpaired) electrons. The number of ether oxygens (including phenoxy) is 1. The minimum atomic E-state index is -0.480. The van der Waals surface area contributed by atoms with Gasteiger partial charge >= 0.3 is 5.97 Å². The summed E-state index contributed by atoms with van der Waals surface area (Å²) in [5.41, 5.74) is 0. The first kappa shape index (κ1) is 17.1. The smallest absolute Gasteiger partial charge is 0.316 e. The number of aromatic nitrogens is 3. The Hall–Kier alpha value is -2.29. The van der Waals surface area contributed by atoms with Crippen molar-refractivity contribution >= 4 is 23.6 Å². The molecule has 9 heteroatoms. The normalized spacial score (nSPS) is 10.5. The van der Waals surface area contributed by atoms with E-state index in [9.17, 15) is 9.59 Å². The first-order valence-corrected chi connectivity index (χ1v) is 8.16. The number of rotatable bonds is 8. The molecule has 1 N–H and O–H groups in total. The molecule has 1 amide bonds. The van der Waals surface area contributed by atoms with Gasteiger partial charge in [-0.2, -0.15) is 0 Å². The minimum absolute atomic E-state index is 0.0513. The van der Waals surface area contributed by atoms with Gasteiger partial charge in [-0.25, -0.2) is 0 Å². The van der Waals surface area contributed by atoms with Crippen molar-refractivity contribution in [1.82, 2.24) is 20.1 Å². The van der Waals surface area contributed by atoms with Gasteiger partial charge in [0.1, 0.15) is 0 Å². The summed E-state index contributed by atoms with van der Waals surface area (Å²) in [4.78, 5) is 22.9. The number of carbonyl (C=O) groups excluding carboxylic acids is 2. The monoisotopic (exact) mass is 338 g/mol. The van der Waals surface area contributed by atoms with Crippen LogP contribution in [0.15, 0.2) is 28.0 Å². The molecule has 2 rings (SSSR count). The Labute approximate surface area is 137 Å². The second-order valence-electron chi connectivity index (χ2n) is 4.43. The SMILES string of the molecule is CCNC(=O)COC(=O)CSc1nnc(-c2ccco2)n1CC. The van der Waals surface area contributed by atoms with E-state index in [1.807, 2.05) is 11.5 Å². The van der Waals surface area contributed by atoms with Crippen LogP contribution in [0.5, 0.6) is 0 Å². The quantitative estimate of drug-likeness (QED) is 0.572. The lowest BCUT2D eigenvalue weighted by Gasteiger charge is -2.06. The molecule has 0 aliphatic rings. The number of hydrogen-bond donors (Lipinski definition) is 1. The predicted molar refractivity (Wildman–Crippen MR) is 83.8 cm³/mol. The summed E-state index contributed by atoms with van der Waals surface area (Å²) in [6.07, 6.45) is 1.57. The molecule has 0 spiro atoms. The van der Waals surface area contributed by atoms with Crippen molar-refractivity contribution in [3.05, 3.63) is 18.4 Å². The average molecular weight is 338 g/mol. The van der Waals surface area contributed by atoms with Gasteiger partial charge in [-0.1, -0.05) is 11.8 Å². The molecule has 0 unspecified atom stereocenters. The van der Waals surface area contributed by atoms with E-state index in [0.717, 1.165) is 0 Å². The zero-order valence-corrected chi connectivity index (χ0v) is 13.8. The summed E-state index contributed by atoms with van der Waals surface area (Å²) in [6, 6.07) is 3.57. The maximum absolute atomic E-state index is 11.7. The number of furan rings is 1. The first-order chi connectivity index (χ1) is 11.2. The zero-order valence-electron chi connectivity index (χ0n) is 12.9. The molecule has 2 heterocycles. The summed E-state index contributed by atoms with van der Waals surface area (Å²) in [7, 11) is 0. The highest BCUT2D eigenvalue weighted by Gasteiger charge is 2.16. The first-order valence-electron chi connectivity index (χ1n) is 7.17. The van der Waals surface area contributed by atoms with Crippen LogP contribution in [0.1, 0.15) is 13.8 Å². The van der Waals surface area contributed by atoms with Gasteiger partial charge in [0.15, 0.2) is 23.3 Å². The zero-order chi connectivity index (χ0) is 16.7. The third-order valence-corrected chi connectivity index (χ3v) is 3.77. The maximum atomic E-state index is 11.7. The molecular formula is C14H18N4O4S. The Morgan fingerprint density at radius 2 is 2.22 bits per heavy atom. The van der Waals surface area contributed by atoms with Gasteiger partial charge in [0.2, 0.25) is 0 Å². The molecule has 0 aromatic carbocycles. The molecule has 0 aliphatic heterocycles. The van der Waals surface area contributed by atoms with Crippen LogP contribution in [0.4, 0.5) is 0 Å². The Balaban J connectivity index is 1.91. The van der Waals surface area contributed by atoms with Crippen LogP contribution in [0, 0.1) is 0 Å². The number of nitrogens with zero attached hydrogens (tertiary/aromatic N) is 3. The largest absolute Gasteiger partial charge is 0.461 e. The summed E-state index contributed by atoms with van der Waals surface area (Å²) >= 11 is 1.20.